The molecule has 2 N–H and O–H groups in total. The number of carbonyl (C=O) groups is 4. The second-order valence-corrected chi connectivity index (χ2v) is 10.1. The van der Waals surface area contributed by atoms with Gasteiger partial charge in [0.15, 0.2) is 0 Å². The Balaban J connectivity index is 0.000000414. The molecule has 8 nitrogen and oxygen atoms in total. The van der Waals surface area contributed by atoms with Crippen LogP contribution < -0.4 is 5.84 Å². The molecular weight excluding hydrogens is 516 g/mol. The molecule has 0 bridgehead atoms. The summed E-state index contributed by atoms with van der Waals surface area (Å²) >= 11 is 0. The molecule has 0 fully saturated rings. The van der Waals surface area contributed by atoms with Gasteiger partial charge in [-0.1, -0.05) is 65.8 Å². The van der Waals surface area contributed by atoms with E-state index in [1.54, 1.807) is 13.8 Å². The Hall–Kier alpha value is -3.65. The summed E-state index contributed by atoms with van der Waals surface area (Å²) in [4.78, 5) is 49.1. The Morgan fingerprint density at radius 3 is 1.17 bits per heavy atom. The molecule has 0 radical (unpaired) electrons. The van der Waals surface area contributed by atoms with Gasteiger partial charge in [-0.2, -0.15) is 5.10 Å². The molecule has 0 saturated heterocycles. The van der Waals surface area contributed by atoms with E-state index in [4.69, 9.17) is 5.84 Å². The lowest BCUT2D eigenvalue weighted by Crippen LogP contribution is -2.39. The first-order chi connectivity index (χ1) is 19.3. The van der Waals surface area contributed by atoms with Gasteiger partial charge in [0.1, 0.15) is 0 Å². The smallest absolute Gasteiger partial charge is 0.283 e. The number of carbonyl (C=O) groups excluding carboxylic acids is 4. The highest BCUT2D eigenvalue weighted by Gasteiger charge is 2.26. The van der Waals surface area contributed by atoms with E-state index in [-0.39, 0.29) is 0 Å². The Morgan fingerprint density at radius 1 is 0.610 bits per heavy atom. The van der Waals surface area contributed by atoms with Gasteiger partial charge in [0.05, 0.1) is 0 Å². The minimum Gasteiger partial charge on any atom is -0.283 e. The number of hydrazone groups is 1. The molecule has 2 amide bonds. The molecule has 0 spiro atoms. The number of amides is 2. The predicted molar refractivity (Wildman–Crippen MR) is 166 cm³/mol. The number of ketones is 2. The first kappa shape index (κ1) is 35.4. The number of hydrogen-bond donors (Lipinski definition) is 1. The van der Waals surface area contributed by atoms with Crippen LogP contribution in [0.3, 0.4) is 0 Å². The van der Waals surface area contributed by atoms with Crippen molar-refractivity contribution in [2.24, 2.45) is 10.9 Å². The number of hydrogen-bond acceptors (Lipinski definition) is 6. The van der Waals surface area contributed by atoms with Gasteiger partial charge >= 0.3 is 11.8 Å². The van der Waals surface area contributed by atoms with Gasteiger partial charge in [0.2, 0.25) is 0 Å². The average Bonchev–Trinajstić information content (AvgIpc) is 2.97. The normalized spacial score (nSPS) is 10.3. The highest BCUT2D eigenvalue weighted by Crippen LogP contribution is 2.22. The van der Waals surface area contributed by atoms with Crippen molar-refractivity contribution in [3.63, 3.8) is 0 Å². The van der Waals surface area contributed by atoms with Crippen molar-refractivity contribution in [2.45, 2.75) is 93.9 Å². The maximum atomic E-state index is 12.7. The van der Waals surface area contributed by atoms with Crippen molar-refractivity contribution in [1.82, 2.24) is 10.0 Å². The van der Waals surface area contributed by atoms with Crippen molar-refractivity contribution in [3.05, 3.63) is 68.8 Å². The van der Waals surface area contributed by atoms with Gasteiger partial charge in [-0.05, 0) is 85.8 Å². The highest BCUT2D eigenvalue weighted by molar-refractivity contribution is 6.43. The number of benzene rings is 2. The zero-order chi connectivity index (χ0) is 31.4. The van der Waals surface area contributed by atoms with Crippen LogP contribution in [0.2, 0.25) is 0 Å². The van der Waals surface area contributed by atoms with Crippen LogP contribution in [-0.2, 0) is 48.1 Å². The monoisotopic (exact) mass is 564 g/mol. The van der Waals surface area contributed by atoms with E-state index in [1.165, 1.54) is 25.2 Å². The van der Waals surface area contributed by atoms with Crippen molar-refractivity contribution in [3.8, 4) is 0 Å². The second kappa shape index (κ2) is 16.6. The van der Waals surface area contributed by atoms with Crippen LogP contribution >= 0.6 is 0 Å². The molecule has 0 aliphatic heterocycles. The summed E-state index contributed by atoms with van der Waals surface area (Å²) in [7, 11) is 2.91. The molecule has 8 heteroatoms. The third-order valence-electron chi connectivity index (χ3n) is 6.87. The van der Waals surface area contributed by atoms with Crippen molar-refractivity contribution in [1.29, 1.82) is 0 Å². The minimum atomic E-state index is -0.673. The molecule has 0 heterocycles. The van der Waals surface area contributed by atoms with Crippen LogP contribution in [0.15, 0.2) is 29.4 Å². The number of nitrogens with two attached hydrogens (primary N) is 1. The molecular formula is C33H48N4O4. The van der Waals surface area contributed by atoms with E-state index in [0.717, 1.165) is 76.5 Å². The van der Waals surface area contributed by atoms with Gasteiger partial charge in [-0.25, -0.2) is 10.9 Å². The molecule has 224 valence electrons. The number of aryl methyl sites for hydroxylation is 6. The lowest BCUT2D eigenvalue weighted by atomic mass is 9.91. The summed E-state index contributed by atoms with van der Waals surface area (Å²) in [6.07, 6.45) is 4.75. The summed E-state index contributed by atoms with van der Waals surface area (Å²) in [6, 6.07) is 8.09. The Labute approximate surface area is 245 Å². The number of hydrazine groups is 1. The zero-order valence-corrected chi connectivity index (χ0v) is 26.6. The predicted octanol–water partition coefficient (Wildman–Crippen LogP) is 5.30. The molecule has 0 aromatic heterocycles. The van der Waals surface area contributed by atoms with Crippen LogP contribution in [0.1, 0.15) is 109 Å². The van der Waals surface area contributed by atoms with Crippen molar-refractivity contribution >= 4 is 29.1 Å². The summed E-state index contributed by atoms with van der Waals surface area (Å²) < 4.78 is 0. The number of Topliss-reactive ketones (excluding diaryl/α,β-unsaturated/α-hetero) is 2. The maximum absolute atomic E-state index is 12.7. The lowest BCUT2D eigenvalue weighted by molar-refractivity contribution is -0.125. The van der Waals surface area contributed by atoms with E-state index < -0.39 is 23.4 Å². The van der Waals surface area contributed by atoms with Gasteiger partial charge < -0.3 is 0 Å². The van der Waals surface area contributed by atoms with E-state index in [2.05, 4.69) is 18.9 Å². The fourth-order valence-corrected chi connectivity index (χ4v) is 4.65. The maximum Gasteiger partial charge on any atom is 0.314 e. The average molecular weight is 565 g/mol. The largest absolute Gasteiger partial charge is 0.314 e. The van der Waals surface area contributed by atoms with Crippen LogP contribution in [0, 0.1) is 0 Å². The van der Waals surface area contributed by atoms with Crippen LogP contribution in [0.25, 0.3) is 0 Å². The molecule has 0 aliphatic carbocycles. The first-order valence-electron chi connectivity index (χ1n) is 14.5. The summed E-state index contributed by atoms with van der Waals surface area (Å²) in [6.45, 7) is 15.7. The van der Waals surface area contributed by atoms with Gasteiger partial charge in [-0.15, -0.1) is 0 Å². The fraction of sp³-hybridized carbons (Fsp3) is 0.485. The Morgan fingerprint density at radius 2 is 0.927 bits per heavy atom. The summed E-state index contributed by atoms with van der Waals surface area (Å²) in [5, 5.41) is 6.02. The number of likely N-dealkylation sites (N-methyl/N-ethyl adjacent to an activating group) is 2. The standard InChI is InChI=1S/C18H26N2O2.C15H22N2O2/c1-7-13-10-14(8-2)16(15(9-3)11-13)17(21)18(22)20(6)19-12(4)5;1-5-10-8-11(6-2)13(12(7-3)9-10)14(18)15(19)17(4)16/h10-11H,7-9H2,1-6H3;8-9H,5-7,16H2,1-4H3. The molecule has 0 unspecified atom stereocenters. The third kappa shape index (κ3) is 9.18. The SMILES string of the molecule is CCc1cc(CC)c(C(=O)C(=O)N(C)N)c(CC)c1.CCc1cc(CC)c(C(=O)C(=O)N(C)N=C(C)C)c(CC)c1. The first-order valence-corrected chi connectivity index (χ1v) is 14.5. The summed E-state index contributed by atoms with van der Waals surface area (Å²) in [5.41, 5.74) is 7.96. The molecule has 0 atom stereocenters. The molecule has 0 aliphatic rings. The number of rotatable bonds is 11. The second-order valence-electron chi connectivity index (χ2n) is 10.1. The van der Waals surface area contributed by atoms with E-state index in [0.29, 0.717) is 11.1 Å². The molecule has 2 aromatic carbocycles. The Kier molecular flexibility index (Phi) is 14.3. The number of nitrogens with zero attached hydrogens (tertiary/aromatic N) is 3. The van der Waals surface area contributed by atoms with Crippen molar-refractivity contribution < 1.29 is 19.2 Å². The summed E-state index contributed by atoms with van der Waals surface area (Å²) in [5.74, 6) is 3.13. The molecule has 2 rings (SSSR count). The fourth-order valence-electron chi connectivity index (χ4n) is 4.65. The molecule has 2 aromatic rings. The molecule has 0 saturated carbocycles. The van der Waals surface area contributed by atoms with Crippen LogP contribution in [-0.4, -0.2) is 53.2 Å². The van der Waals surface area contributed by atoms with E-state index in [1.807, 2.05) is 52.0 Å². The van der Waals surface area contributed by atoms with E-state index >= 15 is 0 Å². The third-order valence-corrected chi connectivity index (χ3v) is 6.87. The lowest BCUT2D eigenvalue weighted by Gasteiger charge is -2.16. The van der Waals surface area contributed by atoms with Crippen LogP contribution in [0.5, 0.6) is 0 Å². The zero-order valence-electron chi connectivity index (χ0n) is 26.6. The minimum absolute atomic E-state index is 0.469. The van der Waals surface area contributed by atoms with Gasteiger partial charge in [0.25, 0.3) is 11.6 Å². The van der Waals surface area contributed by atoms with Crippen molar-refractivity contribution in [2.75, 3.05) is 14.1 Å². The van der Waals surface area contributed by atoms with Gasteiger partial charge in [-0.3, -0.25) is 24.2 Å². The quantitative estimate of drug-likeness (QED) is 0.0994. The van der Waals surface area contributed by atoms with Crippen LogP contribution in [0.4, 0.5) is 0 Å². The van der Waals surface area contributed by atoms with Gasteiger partial charge in [0, 0.05) is 30.9 Å². The highest BCUT2D eigenvalue weighted by atomic mass is 16.2. The van der Waals surface area contributed by atoms with E-state index in [9.17, 15) is 19.2 Å². The Bertz CT molecular complexity index is 1240. The topological polar surface area (TPSA) is 113 Å². The molecule has 41 heavy (non-hydrogen) atoms.